The van der Waals surface area contributed by atoms with Gasteiger partial charge in [-0.1, -0.05) is 29.8 Å². The van der Waals surface area contributed by atoms with Crippen LogP contribution in [0.5, 0.6) is 0 Å². The number of nitrogens with zero attached hydrogens (tertiary/aromatic N) is 3. The third-order valence-electron chi connectivity index (χ3n) is 4.05. The van der Waals surface area contributed by atoms with E-state index >= 15 is 0 Å². The first-order valence-corrected chi connectivity index (χ1v) is 10.9. The van der Waals surface area contributed by atoms with Crippen LogP contribution in [-0.4, -0.2) is 36.7 Å². The van der Waals surface area contributed by atoms with Crippen molar-refractivity contribution < 1.29 is 8.42 Å². The van der Waals surface area contributed by atoms with Crippen molar-refractivity contribution in [2.75, 3.05) is 13.6 Å². The van der Waals surface area contributed by atoms with E-state index in [1.54, 1.807) is 23.5 Å². The second-order valence-corrected chi connectivity index (χ2v) is 9.50. The lowest BCUT2D eigenvalue weighted by Gasteiger charge is -2.32. The van der Waals surface area contributed by atoms with Crippen molar-refractivity contribution in [1.82, 2.24) is 8.61 Å². The average Bonchev–Trinajstić information content (AvgIpc) is 3.11. The molecule has 0 bridgehead atoms. The first-order valence-electron chi connectivity index (χ1n) is 8.21. The highest BCUT2D eigenvalue weighted by Crippen LogP contribution is 2.22. The van der Waals surface area contributed by atoms with Crippen LogP contribution in [0.3, 0.4) is 0 Å². The minimum Gasteiger partial charge on any atom is -0.198 e. The third kappa shape index (κ3) is 5.53. The summed E-state index contributed by atoms with van der Waals surface area (Å²) in [5.41, 5.74) is 0.865. The summed E-state index contributed by atoms with van der Waals surface area (Å²) in [6.45, 7) is 2.33. The largest absolute Gasteiger partial charge is 0.282 e. The van der Waals surface area contributed by atoms with Crippen LogP contribution in [0.15, 0.2) is 41.8 Å². The summed E-state index contributed by atoms with van der Waals surface area (Å²) >= 11 is 7.55. The summed E-state index contributed by atoms with van der Waals surface area (Å²) in [7, 11) is -2.18. The Morgan fingerprint density at radius 3 is 2.54 bits per heavy atom. The molecule has 0 radical (unpaired) electrons. The van der Waals surface area contributed by atoms with E-state index in [9.17, 15) is 8.42 Å². The van der Waals surface area contributed by atoms with Gasteiger partial charge in [0.1, 0.15) is 0 Å². The number of rotatable bonds is 9. The zero-order chi connectivity index (χ0) is 19.2. The van der Waals surface area contributed by atoms with Crippen LogP contribution >= 0.6 is 22.9 Å². The molecule has 0 saturated heterocycles. The quantitative estimate of drug-likeness (QED) is 0.628. The highest BCUT2D eigenvalue weighted by atomic mass is 35.5. The summed E-state index contributed by atoms with van der Waals surface area (Å²) in [6, 6.07) is 12.9. The maximum absolute atomic E-state index is 13.1. The lowest BCUT2D eigenvalue weighted by atomic mass is 10.1. The normalized spacial score (nSPS) is 13.1. The monoisotopic (exact) mass is 411 g/mol. The number of thiophene rings is 1. The molecule has 1 unspecified atom stereocenters. The standard InChI is InChI=1S/C18H22ClN3O2S2/c1-15(13-18-5-3-12-25-18)22(14-16-6-8-17(19)9-7-16)26(23,24)21(2)11-4-10-20/h3,5-9,12,15H,4,11,13-14H2,1-2H3. The van der Waals surface area contributed by atoms with E-state index < -0.39 is 10.2 Å². The van der Waals surface area contributed by atoms with Gasteiger partial charge in [-0.15, -0.1) is 11.3 Å². The summed E-state index contributed by atoms with van der Waals surface area (Å²) in [5.74, 6) is 0. The van der Waals surface area contributed by atoms with Crippen molar-refractivity contribution in [2.24, 2.45) is 0 Å². The molecule has 2 aromatic rings. The first kappa shape index (κ1) is 20.9. The molecule has 0 fully saturated rings. The number of benzene rings is 1. The molecule has 0 aliphatic rings. The summed E-state index contributed by atoms with van der Waals surface area (Å²) in [6.07, 6.45) is 0.792. The van der Waals surface area contributed by atoms with Gasteiger partial charge in [0.2, 0.25) is 0 Å². The predicted octanol–water partition coefficient (Wildman–Crippen LogP) is 3.92. The van der Waals surface area contributed by atoms with Gasteiger partial charge in [0, 0.05) is 42.5 Å². The first-order chi connectivity index (χ1) is 12.3. The van der Waals surface area contributed by atoms with Gasteiger partial charge in [-0.3, -0.25) is 0 Å². The van der Waals surface area contributed by atoms with Crippen LogP contribution in [0.1, 0.15) is 23.8 Å². The molecule has 140 valence electrons. The van der Waals surface area contributed by atoms with Crippen molar-refractivity contribution in [3.05, 3.63) is 57.2 Å². The maximum atomic E-state index is 13.1. The van der Waals surface area contributed by atoms with Gasteiger partial charge in [0.25, 0.3) is 10.2 Å². The van der Waals surface area contributed by atoms with Crippen molar-refractivity contribution in [2.45, 2.75) is 32.4 Å². The van der Waals surface area contributed by atoms with Gasteiger partial charge in [0.05, 0.1) is 6.07 Å². The Labute approximate surface area is 164 Å². The Morgan fingerprint density at radius 1 is 1.27 bits per heavy atom. The SMILES string of the molecule is CC(Cc1cccs1)N(Cc1ccc(Cl)cc1)S(=O)(=O)N(C)CCC#N. The van der Waals surface area contributed by atoms with E-state index in [1.807, 2.05) is 42.6 Å². The van der Waals surface area contributed by atoms with E-state index in [-0.39, 0.29) is 25.6 Å². The second kappa shape index (κ2) is 9.49. The highest BCUT2D eigenvalue weighted by Gasteiger charge is 2.31. The maximum Gasteiger partial charge on any atom is 0.282 e. The zero-order valence-electron chi connectivity index (χ0n) is 14.8. The van der Waals surface area contributed by atoms with Gasteiger partial charge in [-0.2, -0.15) is 22.3 Å². The van der Waals surface area contributed by atoms with E-state index in [0.717, 1.165) is 10.4 Å². The van der Waals surface area contributed by atoms with Crippen molar-refractivity contribution in [3.8, 4) is 6.07 Å². The third-order valence-corrected chi connectivity index (χ3v) is 7.25. The molecule has 1 aromatic heterocycles. The van der Waals surface area contributed by atoms with Gasteiger partial charge < -0.3 is 0 Å². The van der Waals surface area contributed by atoms with Crippen LogP contribution in [0, 0.1) is 11.3 Å². The molecule has 0 saturated carbocycles. The molecule has 1 aromatic carbocycles. The van der Waals surface area contributed by atoms with E-state index in [0.29, 0.717) is 11.4 Å². The molecule has 5 nitrogen and oxygen atoms in total. The highest BCUT2D eigenvalue weighted by molar-refractivity contribution is 7.86. The van der Waals surface area contributed by atoms with Gasteiger partial charge in [-0.05, 0) is 42.5 Å². The number of hydrogen-bond donors (Lipinski definition) is 0. The molecule has 0 amide bonds. The minimum atomic E-state index is -3.70. The smallest absolute Gasteiger partial charge is 0.198 e. The fourth-order valence-corrected chi connectivity index (χ4v) is 5.03. The van der Waals surface area contributed by atoms with Crippen LogP contribution in [0.4, 0.5) is 0 Å². The van der Waals surface area contributed by atoms with E-state index in [2.05, 4.69) is 0 Å². The molecule has 8 heteroatoms. The Bertz CT molecular complexity index is 830. The molecule has 0 N–H and O–H groups in total. The molecular formula is C18H22ClN3O2S2. The van der Waals surface area contributed by atoms with Crippen molar-refractivity contribution in [3.63, 3.8) is 0 Å². The van der Waals surface area contributed by atoms with E-state index in [1.165, 1.54) is 15.7 Å². The lowest BCUT2D eigenvalue weighted by Crippen LogP contribution is -2.46. The van der Waals surface area contributed by atoms with Crippen molar-refractivity contribution in [1.29, 1.82) is 5.26 Å². The Hall–Kier alpha value is -1.43. The molecule has 2 rings (SSSR count). The predicted molar refractivity (Wildman–Crippen MR) is 106 cm³/mol. The fourth-order valence-electron chi connectivity index (χ4n) is 2.56. The number of nitriles is 1. The van der Waals surface area contributed by atoms with Gasteiger partial charge >= 0.3 is 0 Å². The zero-order valence-corrected chi connectivity index (χ0v) is 17.2. The minimum absolute atomic E-state index is 0.157. The fraction of sp³-hybridized carbons (Fsp3) is 0.389. The summed E-state index contributed by atoms with van der Waals surface area (Å²) in [5, 5.41) is 11.4. The number of halogens is 1. The molecule has 1 heterocycles. The second-order valence-electron chi connectivity index (χ2n) is 6.04. The van der Waals surface area contributed by atoms with Crippen LogP contribution in [-0.2, 0) is 23.2 Å². The summed E-state index contributed by atoms with van der Waals surface area (Å²) in [4.78, 5) is 1.13. The van der Waals surface area contributed by atoms with Gasteiger partial charge in [-0.25, -0.2) is 0 Å². The van der Waals surface area contributed by atoms with Crippen molar-refractivity contribution >= 4 is 33.1 Å². The number of hydrogen-bond acceptors (Lipinski definition) is 4. The molecular weight excluding hydrogens is 390 g/mol. The Balaban J connectivity index is 2.27. The van der Waals surface area contributed by atoms with Crippen LogP contribution in [0.2, 0.25) is 5.02 Å². The summed E-state index contributed by atoms with van der Waals surface area (Å²) < 4.78 is 28.9. The van der Waals surface area contributed by atoms with Gasteiger partial charge in [0.15, 0.2) is 0 Å². The molecule has 0 aliphatic carbocycles. The molecule has 0 spiro atoms. The topological polar surface area (TPSA) is 64.4 Å². The van der Waals surface area contributed by atoms with Crippen LogP contribution < -0.4 is 0 Å². The molecule has 1 atom stereocenters. The Kier molecular flexibility index (Phi) is 7.62. The lowest BCUT2D eigenvalue weighted by molar-refractivity contribution is 0.299. The van der Waals surface area contributed by atoms with Crippen LogP contribution in [0.25, 0.3) is 0 Å². The van der Waals surface area contributed by atoms with E-state index in [4.69, 9.17) is 16.9 Å². The molecule has 0 aliphatic heterocycles. The molecule has 26 heavy (non-hydrogen) atoms. The Morgan fingerprint density at radius 2 is 1.96 bits per heavy atom. The average molecular weight is 412 g/mol.